The highest BCUT2D eigenvalue weighted by atomic mass is 35.5. The van der Waals surface area contributed by atoms with Crippen LogP contribution in [0.5, 0.6) is 0 Å². The first-order valence-electron chi connectivity index (χ1n) is 4.50. The lowest BCUT2D eigenvalue weighted by atomic mass is 10.2. The average molecular weight is 258 g/mol. The quantitative estimate of drug-likeness (QED) is 0.830. The summed E-state index contributed by atoms with van der Waals surface area (Å²) in [6.07, 6.45) is 0. The number of hydrogen-bond acceptors (Lipinski definition) is 3. The molecule has 0 aliphatic carbocycles. The van der Waals surface area contributed by atoms with Crippen LogP contribution in [0.3, 0.4) is 0 Å². The van der Waals surface area contributed by atoms with Crippen molar-refractivity contribution in [1.29, 1.82) is 5.26 Å². The van der Waals surface area contributed by atoms with Crippen LogP contribution in [0, 0.1) is 17.4 Å². The Labute approximate surface area is 100 Å². The highest BCUT2D eigenvalue weighted by Gasteiger charge is 2.18. The zero-order valence-electron chi connectivity index (χ0n) is 8.86. The molecule has 0 unspecified atom stereocenters. The fourth-order valence-electron chi connectivity index (χ4n) is 1.15. The number of halogens is 1. The number of rotatable bonds is 3. The summed E-state index contributed by atoms with van der Waals surface area (Å²) < 4.78 is 24.3. The van der Waals surface area contributed by atoms with Gasteiger partial charge in [0.2, 0.25) is 10.0 Å². The van der Waals surface area contributed by atoms with Crippen LogP contribution in [0.4, 0.5) is 5.69 Å². The van der Waals surface area contributed by atoms with Crippen molar-refractivity contribution in [2.75, 3.05) is 17.1 Å². The lowest BCUT2D eigenvalue weighted by Crippen LogP contribution is -2.28. The number of benzene rings is 1. The first-order valence-corrected chi connectivity index (χ1v) is 6.49. The molecule has 0 saturated heterocycles. The van der Waals surface area contributed by atoms with Crippen molar-refractivity contribution in [2.45, 2.75) is 6.92 Å². The van der Waals surface area contributed by atoms with Crippen molar-refractivity contribution in [3.05, 3.63) is 28.8 Å². The number of anilines is 1. The van der Waals surface area contributed by atoms with Gasteiger partial charge in [0.25, 0.3) is 0 Å². The molecule has 0 saturated carbocycles. The predicted molar refractivity (Wildman–Crippen MR) is 62.9 cm³/mol. The van der Waals surface area contributed by atoms with E-state index in [1.807, 2.05) is 6.07 Å². The minimum absolute atomic E-state index is 0.0308. The van der Waals surface area contributed by atoms with Gasteiger partial charge in [0.1, 0.15) is 6.07 Å². The molecule has 0 spiro atoms. The highest BCUT2D eigenvalue weighted by Crippen LogP contribution is 2.24. The maximum atomic E-state index is 11.6. The van der Waals surface area contributed by atoms with E-state index < -0.39 is 10.0 Å². The monoisotopic (exact) mass is 257 g/mol. The molecule has 1 aromatic rings. The van der Waals surface area contributed by atoms with Gasteiger partial charge in [-0.1, -0.05) is 11.6 Å². The van der Waals surface area contributed by atoms with Gasteiger partial charge in [0.15, 0.2) is 0 Å². The Morgan fingerprint density at radius 2 is 2.25 bits per heavy atom. The molecule has 0 aromatic heterocycles. The first kappa shape index (κ1) is 12.8. The summed E-state index contributed by atoms with van der Waals surface area (Å²) in [5, 5.41) is 9.17. The van der Waals surface area contributed by atoms with Gasteiger partial charge in [0.05, 0.1) is 17.0 Å². The van der Waals surface area contributed by atoms with Crippen molar-refractivity contribution in [3.63, 3.8) is 0 Å². The molecule has 16 heavy (non-hydrogen) atoms. The zero-order valence-corrected chi connectivity index (χ0v) is 10.4. The van der Waals surface area contributed by atoms with Gasteiger partial charge in [-0.05, 0) is 19.1 Å². The van der Waals surface area contributed by atoms with Gasteiger partial charge in [-0.3, -0.25) is 4.31 Å². The van der Waals surface area contributed by atoms with Gasteiger partial charge in [-0.15, -0.1) is 0 Å². The Morgan fingerprint density at radius 1 is 1.62 bits per heavy atom. The third-order valence-corrected chi connectivity index (χ3v) is 4.11. The summed E-state index contributed by atoms with van der Waals surface area (Å²) in [7, 11) is -1.98. The molecule has 0 aliphatic rings. The molecular formula is C10H10ClN2O2S. The van der Waals surface area contributed by atoms with E-state index in [-0.39, 0.29) is 22.0 Å². The molecule has 0 bridgehead atoms. The van der Waals surface area contributed by atoms with Crippen LogP contribution >= 0.6 is 11.6 Å². The molecule has 0 fully saturated rings. The van der Waals surface area contributed by atoms with Crippen LogP contribution in [0.25, 0.3) is 0 Å². The minimum atomic E-state index is -3.38. The Hall–Kier alpha value is -1.25. The first-order chi connectivity index (χ1) is 7.42. The maximum Gasteiger partial charge on any atom is 0.234 e. The molecule has 6 heteroatoms. The Kier molecular flexibility index (Phi) is 3.79. The molecule has 1 radical (unpaired) electrons. The molecule has 0 atom stereocenters. The van der Waals surface area contributed by atoms with E-state index in [9.17, 15) is 8.42 Å². The van der Waals surface area contributed by atoms with Gasteiger partial charge in [-0.25, -0.2) is 8.42 Å². The standard InChI is InChI=1S/C10H10ClN2O2S/c1-3-16(14,15)13(2)10-5-4-9(11)6-8(10)7-12/h5-6H,3H2,1-2H3. The summed E-state index contributed by atoms with van der Waals surface area (Å²) in [5.41, 5.74) is 0.497. The van der Waals surface area contributed by atoms with Crippen molar-refractivity contribution < 1.29 is 8.42 Å². The van der Waals surface area contributed by atoms with Crippen molar-refractivity contribution >= 4 is 27.3 Å². The topological polar surface area (TPSA) is 61.2 Å². The molecule has 0 amide bonds. The minimum Gasteiger partial charge on any atom is -0.272 e. The third kappa shape index (κ3) is 2.46. The van der Waals surface area contributed by atoms with Crippen LogP contribution in [-0.2, 0) is 10.0 Å². The van der Waals surface area contributed by atoms with Crippen LogP contribution in [0.2, 0.25) is 5.02 Å². The van der Waals surface area contributed by atoms with E-state index in [0.717, 1.165) is 4.31 Å². The molecule has 0 aliphatic heterocycles. The van der Waals surface area contributed by atoms with E-state index in [1.165, 1.54) is 26.1 Å². The van der Waals surface area contributed by atoms with E-state index in [0.29, 0.717) is 0 Å². The molecule has 1 rings (SSSR count). The second-order valence-corrected chi connectivity index (χ2v) is 5.76. The van der Waals surface area contributed by atoms with Crippen LogP contribution < -0.4 is 4.31 Å². The van der Waals surface area contributed by atoms with Gasteiger partial charge >= 0.3 is 0 Å². The highest BCUT2D eigenvalue weighted by molar-refractivity contribution is 7.92. The SMILES string of the molecule is CCS(=O)(=O)N(C)c1c[c]c(Cl)cc1C#N. The normalized spacial score (nSPS) is 10.9. The van der Waals surface area contributed by atoms with E-state index in [4.69, 9.17) is 16.9 Å². The third-order valence-electron chi connectivity index (χ3n) is 2.14. The summed E-state index contributed by atoms with van der Waals surface area (Å²) in [6, 6.07) is 7.35. The van der Waals surface area contributed by atoms with Gasteiger partial charge in [-0.2, -0.15) is 5.26 Å². The average Bonchev–Trinajstić information content (AvgIpc) is 2.27. The Balaban J connectivity index is 3.30. The summed E-state index contributed by atoms with van der Waals surface area (Å²) in [5.74, 6) is -0.0308. The number of sulfonamides is 1. The van der Waals surface area contributed by atoms with Crippen LogP contribution in [-0.4, -0.2) is 21.2 Å². The second kappa shape index (κ2) is 4.73. The number of nitriles is 1. The van der Waals surface area contributed by atoms with Crippen molar-refractivity contribution in [1.82, 2.24) is 0 Å². The zero-order chi connectivity index (χ0) is 12.3. The lowest BCUT2D eigenvalue weighted by molar-refractivity contribution is 0.595. The van der Waals surface area contributed by atoms with E-state index in [1.54, 1.807) is 0 Å². The molecule has 85 valence electrons. The van der Waals surface area contributed by atoms with E-state index in [2.05, 4.69) is 6.07 Å². The fraction of sp³-hybridized carbons (Fsp3) is 0.300. The predicted octanol–water partition coefficient (Wildman–Crippen LogP) is 1.80. The number of hydrogen-bond donors (Lipinski definition) is 0. The number of nitrogens with zero attached hydrogens (tertiary/aromatic N) is 2. The molecule has 0 heterocycles. The fourth-order valence-corrected chi connectivity index (χ4v) is 2.15. The van der Waals surface area contributed by atoms with Gasteiger partial charge < -0.3 is 0 Å². The summed E-state index contributed by atoms with van der Waals surface area (Å²) in [4.78, 5) is 0. The van der Waals surface area contributed by atoms with E-state index >= 15 is 0 Å². The molecule has 0 N–H and O–H groups in total. The van der Waals surface area contributed by atoms with Crippen molar-refractivity contribution in [3.8, 4) is 6.07 Å². The van der Waals surface area contributed by atoms with Crippen LogP contribution in [0.15, 0.2) is 12.1 Å². The van der Waals surface area contributed by atoms with Gasteiger partial charge in [0, 0.05) is 18.1 Å². The molecule has 1 aromatic carbocycles. The summed E-state index contributed by atoms with van der Waals surface area (Å²) >= 11 is 5.67. The molecular weight excluding hydrogens is 248 g/mol. The second-order valence-electron chi connectivity index (χ2n) is 3.06. The molecule has 4 nitrogen and oxygen atoms in total. The maximum absolute atomic E-state index is 11.6. The van der Waals surface area contributed by atoms with Crippen LogP contribution in [0.1, 0.15) is 12.5 Å². The van der Waals surface area contributed by atoms with Crippen molar-refractivity contribution in [2.24, 2.45) is 0 Å². The smallest absolute Gasteiger partial charge is 0.234 e. The summed E-state index contributed by atoms with van der Waals surface area (Å²) in [6.45, 7) is 1.54. The Bertz CT molecular complexity index is 534. The Morgan fingerprint density at radius 3 is 2.75 bits per heavy atom. The largest absolute Gasteiger partial charge is 0.272 e. The lowest BCUT2D eigenvalue weighted by Gasteiger charge is -2.19.